The summed E-state index contributed by atoms with van der Waals surface area (Å²) in [5.41, 5.74) is 3.90. The van der Waals surface area contributed by atoms with Gasteiger partial charge in [-0.2, -0.15) is 0 Å². The van der Waals surface area contributed by atoms with Crippen molar-refractivity contribution >= 4 is 11.6 Å². The molecule has 0 saturated carbocycles. The predicted octanol–water partition coefficient (Wildman–Crippen LogP) is -1.80. The van der Waals surface area contributed by atoms with E-state index in [-0.39, 0.29) is 17.0 Å². The maximum atomic E-state index is 12.5. The third kappa shape index (κ3) is 5.76. The van der Waals surface area contributed by atoms with Crippen LogP contribution in [0, 0.1) is 0 Å². The van der Waals surface area contributed by atoms with Crippen molar-refractivity contribution in [2.75, 3.05) is 18.5 Å². The van der Waals surface area contributed by atoms with Crippen LogP contribution in [0.15, 0.2) is 84.9 Å². The van der Waals surface area contributed by atoms with Gasteiger partial charge in [-0.15, -0.1) is 0 Å². The molecule has 3 aromatic carbocycles. The average molecular weight is 629 g/mol. The lowest BCUT2D eigenvalue weighted by atomic mass is 9.82. The Kier molecular flexibility index (Phi) is 9.40. The first-order valence-corrected chi connectivity index (χ1v) is 14.1. The maximum absolute atomic E-state index is 12.5. The molecule has 0 radical (unpaired) electrons. The van der Waals surface area contributed by atoms with Gasteiger partial charge < -0.3 is 60.4 Å². The second kappa shape index (κ2) is 12.8. The smallest absolute Gasteiger partial charge is 0.255 e. The molecule has 0 aliphatic carbocycles. The maximum Gasteiger partial charge on any atom is 0.255 e. The Bertz CT molecular complexity index is 1440. The SMILES string of the molecule is N[C@]1(O)[C@@H](O)[C@H](O)[C@@H](CO)O[C@@]1(O[C@H]1[C@H](O)[C@H](O)[C@](O)(c2ccc(NC(=O)c3ccccc3)cc2)O[C@@H]1CO)c1ccccc1. The Hall–Kier alpha value is -3.35. The normalized spacial score (nSPS) is 36.8. The van der Waals surface area contributed by atoms with Crippen molar-refractivity contribution in [1.82, 2.24) is 0 Å². The van der Waals surface area contributed by atoms with Crippen molar-refractivity contribution in [1.29, 1.82) is 0 Å². The van der Waals surface area contributed by atoms with E-state index in [4.69, 9.17) is 19.9 Å². The van der Waals surface area contributed by atoms with Gasteiger partial charge in [0.15, 0.2) is 0 Å². The van der Waals surface area contributed by atoms with Crippen LogP contribution in [0.1, 0.15) is 21.5 Å². The zero-order valence-electron chi connectivity index (χ0n) is 23.8. The molecule has 0 aromatic heterocycles. The summed E-state index contributed by atoms with van der Waals surface area (Å²) in [7, 11) is 0. The number of benzene rings is 3. The molecule has 0 unspecified atom stereocenters. The Balaban J connectivity index is 1.44. The van der Waals surface area contributed by atoms with Crippen molar-refractivity contribution in [2.24, 2.45) is 5.73 Å². The fourth-order valence-electron chi connectivity index (χ4n) is 5.63. The standard InChI is InChI=1S/C31H36N2O12/c32-30(42)27(39)23(36)21(15-34)44-31(30,19-9-5-2-6-10-19)45-25-22(16-35)43-29(41,26(38)24(25)37)18-11-13-20(14-12-18)33-28(40)17-7-3-1-4-8-17/h1-14,21-27,34-39,41-42H,15-16,32H2,(H,33,40)/t21-,22-,23-,24+,25-,26+,27+,29+,30+,31-/m1/s1. The number of amides is 1. The van der Waals surface area contributed by atoms with E-state index < -0.39 is 73.2 Å². The summed E-state index contributed by atoms with van der Waals surface area (Å²) in [6.45, 7) is -1.74. The van der Waals surface area contributed by atoms with E-state index >= 15 is 0 Å². The fraction of sp³-hybridized carbons (Fsp3) is 0.387. The van der Waals surface area contributed by atoms with E-state index in [0.29, 0.717) is 11.3 Å². The molecule has 14 heteroatoms. The minimum Gasteiger partial charge on any atom is -0.394 e. The molecule has 0 spiro atoms. The number of aliphatic hydroxyl groups is 8. The molecule has 3 aromatic rings. The number of nitrogens with one attached hydrogen (secondary N) is 1. The number of aliphatic hydroxyl groups excluding tert-OH is 6. The number of rotatable bonds is 8. The summed E-state index contributed by atoms with van der Waals surface area (Å²) in [5.74, 6) is -5.61. The quantitative estimate of drug-likeness (QED) is 0.124. The van der Waals surface area contributed by atoms with Gasteiger partial charge in [-0.1, -0.05) is 60.7 Å². The van der Waals surface area contributed by atoms with E-state index in [1.807, 2.05) is 0 Å². The van der Waals surface area contributed by atoms with Gasteiger partial charge in [-0.3, -0.25) is 10.5 Å². The molecule has 2 saturated heterocycles. The lowest BCUT2D eigenvalue weighted by molar-refractivity contribution is -0.447. The van der Waals surface area contributed by atoms with Gasteiger partial charge in [0.2, 0.25) is 17.3 Å². The highest BCUT2D eigenvalue weighted by Crippen LogP contribution is 2.47. The van der Waals surface area contributed by atoms with Crippen molar-refractivity contribution < 1.29 is 59.9 Å². The Morgan fingerprint density at radius 3 is 1.91 bits per heavy atom. The topological polar surface area (TPSA) is 245 Å². The summed E-state index contributed by atoms with van der Waals surface area (Å²) < 4.78 is 17.6. The van der Waals surface area contributed by atoms with Crippen LogP contribution in [-0.4, -0.2) is 108 Å². The first-order chi connectivity index (χ1) is 21.4. The number of carbonyl (C=O) groups is 1. The average Bonchev–Trinajstić information content (AvgIpc) is 3.06. The number of nitrogens with two attached hydrogens (primary N) is 1. The molecule has 2 fully saturated rings. The van der Waals surface area contributed by atoms with Crippen molar-refractivity contribution in [3.8, 4) is 0 Å². The van der Waals surface area contributed by atoms with E-state index in [1.165, 1.54) is 48.5 Å². The van der Waals surface area contributed by atoms with Crippen LogP contribution in [0.2, 0.25) is 0 Å². The summed E-state index contributed by atoms with van der Waals surface area (Å²) in [5, 5.41) is 89.4. The van der Waals surface area contributed by atoms with Crippen LogP contribution in [0.5, 0.6) is 0 Å². The second-order valence-corrected chi connectivity index (χ2v) is 11.0. The third-order valence-corrected chi connectivity index (χ3v) is 8.17. The fourth-order valence-corrected chi connectivity index (χ4v) is 5.63. The molecule has 2 heterocycles. The lowest BCUT2D eigenvalue weighted by Gasteiger charge is -2.56. The largest absolute Gasteiger partial charge is 0.394 e. The van der Waals surface area contributed by atoms with E-state index in [2.05, 4.69) is 5.32 Å². The van der Waals surface area contributed by atoms with Gasteiger partial charge in [0.1, 0.15) is 42.7 Å². The van der Waals surface area contributed by atoms with Gasteiger partial charge in [-0.05, 0) is 24.3 Å². The van der Waals surface area contributed by atoms with E-state index in [9.17, 15) is 45.6 Å². The molecule has 2 aliphatic heterocycles. The van der Waals surface area contributed by atoms with Gasteiger partial charge >= 0.3 is 0 Å². The van der Waals surface area contributed by atoms with Gasteiger partial charge in [0.25, 0.3) is 5.91 Å². The zero-order valence-corrected chi connectivity index (χ0v) is 23.8. The van der Waals surface area contributed by atoms with Crippen LogP contribution in [0.25, 0.3) is 0 Å². The number of anilines is 1. The van der Waals surface area contributed by atoms with Crippen LogP contribution in [0.3, 0.4) is 0 Å². The van der Waals surface area contributed by atoms with Crippen LogP contribution in [-0.2, 0) is 25.8 Å². The van der Waals surface area contributed by atoms with E-state index in [0.717, 1.165) is 0 Å². The molecule has 10 atom stereocenters. The Morgan fingerprint density at radius 1 is 0.756 bits per heavy atom. The number of carbonyl (C=O) groups excluding carboxylic acids is 1. The van der Waals surface area contributed by atoms with Crippen molar-refractivity contribution in [2.45, 2.75) is 60.0 Å². The first-order valence-electron chi connectivity index (χ1n) is 14.1. The zero-order chi connectivity index (χ0) is 32.6. The number of hydrogen-bond donors (Lipinski definition) is 10. The summed E-state index contributed by atoms with van der Waals surface area (Å²) in [4.78, 5) is 12.5. The molecule has 0 bridgehead atoms. The number of ether oxygens (including phenoxy) is 3. The number of hydrogen-bond acceptors (Lipinski definition) is 13. The summed E-state index contributed by atoms with van der Waals surface area (Å²) in [6, 6.07) is 21.4. The second-order valence-electron chi connectivity index (χ2n) is 11.0. The molecule has 45 heavy (non-hydrogen) atoms. The van der Waals surface area contributed by atoms with Crippen LogP contribution in [0.4, 0.5) is 5.69 Å². The molecule has 5 rings (SSSR count). The highest BCUT2D eigenvalue weighted by molar-refractivity contribution is 6.04. The molecule has 1 amide bonds. The molecular formula is C31H36N2O12. The molecular weight excluding hydrogens is 592 g/mol. The highest BCUT2D eigenvalue weighted by Gasteiger charge is 2.67. The van der Waals surface area contributed by atoms with E-state index in [1.54, 1.807) is 36.4 Å². The van der Waals surface area contributed by atoms with Gasteiger partial charge in [-0.25, -0.2) is 0 Å². The summed E-state index contributed by atoms with van der Waals surface area (Å²) >= 11 is 0. The van der Waals surface area contributed by atoms with Crippen molar-refractivity contribution in [3.05, 3.63) is 102 Å². The Morgan fingerprint density at radius 2 is 1.33 bits per heavy atom. The molecule has 11 N–H and O–H groups in total. The van der Waals surface area contributed by atoms with Gasteiger partial charge in [0.05, 0.1) is 13.2 Å². The third-order valence-electron chi connectivity index (χ3n) is 8.17. The van der Waals surface area contributed by atoms with Crippen LogP contribution < -0.4 is 11.1 Å². The van der Waals surface area contributed by atoms with Crippen LogP contribution >= 0.6 is 0 Å². The summed E-state index contributed by atoms with van der Waals surface area (Å²) in [6.07, 6.45) is -13.1. The lowest BCUT2D eigenvalue weighted by Crippen LogP contribution is -2.78. The molecule has 14 nitrogen and oxygen atoms in total. The minimum atomic E-state index is -2.93. The van der Waals surface area contributed by atoms with Crippen molar-refractivity contribution in [3.63, 3.8) is 0 Å². The highest BCUT2D eigenvalue weighted by atomic mass is 16.8. The first kappa shape index (κ1) is 33.0. The molecule has 2 aliphatic rings. The minimum absolute atomic E-state index is 0.0215. The molecule has 242 valence electrons. The van der Waals surface area contributed by atoms with Gasteiger partial charge in [0, 0.05) is 22.4 Å². The Labute approximate surface area is 257 Å². The monoisotopic (exact) mass is 628 g/mol. The predicted molar refractivity (Wildman–Crippen MR) is 155 cm³/mol.